The highest BCUT2D eigenvalue weighted by molar-refractivity contribution is 7.92. The number of benzene rings is 3. The minimum atomic E-state index is -3.97. The number of piperazine rings is 1. The van der Waals surface area contributed by atoms with Crippen LogP contribution in [0.3, 0.4) is 0 Å². The van der Waals surface area contributed by atoms with Crippen LogP contribution in [0.2, 0.25) is 0 Å². The highest BCUT2D eigenvalue weighted by Crippen LogP contribution is 2.27. The van der Waals surface area contributed by atoms with E-state index in [2.05, 4.69) is 4.90 Å². The fourth-order valence-corrected chi connectivity index (χ4v) is 5.67. The summed E-state index contributed by atoms with van der Waals surface area (Å²) in [7, 11) is -2.33. The molecular formula is C28H33N3O5S. The van der Waals surface area contributed by atoms with Crippen LogP contribution in [-0.4, -0.2) is 65.7 Å². The van der Waals surface area contributed by atoms with Crippen molar-refractivity contribution in [1.29, 1.82) is 0 Å². The first-order valence-corrected chi connectivity index (χ1v) is 13.7. The van der Waals surface area contributed by atoms with Crippen LogP contribution >= 0.6 is 0 Å². The maximum Gasteiger partial charge on any atom is 0.264 e. The summed E-state index contributed by atoms with van der Waals surface area (Å²) < 4.78 is 39.3. The van der Waals surface area contributed by atoms with Gasteiger partial charge in [-0.2, -0.15) is 0 Å². The van der Waals surface area contributed by atoms with E-state index >= 15 is 0 Å². The SMILES string of the molecule is CCOc1ccc(N(CC(=O)N2CCN(c3ccc(OC)cc3)CC2)S(=O)(=O)c2ccc(C)cc2)cc1. The largest absolute Gasteiger partial charge is 0.497 e. The highest BCUT2D eigenvalue weighted by Gasteiger charge is 2.30. The van der Waals surface area contributed by atoms with E-state index in [1.165, 1.54) is 4.31 Å². The minimum absolute atomic E-state index is 0.143. The third-order valence-corrected chi connectivity index (χ3v) is 8.18. The molecule has 1 saturated heterocycles. The predicted molar refractivity (Wildman–Crippen MR) is 145 cm³/mol. The molecule has 0 bridgehead atoms. The molecule has 37 heavy (non-hydrogen) atoms. The summed E-state index contributed by atoms with van der Waals surface area (Å²) in [4.78, 5) is 17.4. The Bertz CT molecular complexity index is 1290. The third kappa shape index (κ3) is 6.17. The van der Waals surface area contributed by atoms with Gasteiger partial charge in [-0.25, -0.2) is 8.42 Å². The molecule has 196 valence electrons. The van der Waals surface area contributed by atoms with Crippen LogP contribution in [0.1, 0.15) is 12.5 Å². The Balaban J connectivity index is 1.51. The second-order valence-corrected chi connectivity index (χ2v) is 10.7. The number of hydrogen-bond donors (Lipinski definition) is 0. The lowest BCUT2D eigenvalue weighted by Gasteiger charge is -2.37. The monoisotopic (exact) mass is 523 g/mol. The van der Waals surface area contributed by atoms with Crippen LogP contribution < -0.4 is 18.7 Å². The van der Waals surface area contributed by atoms with E-state index in [1.54, 1.807) is 60.5 Å². The van der Waals surface area contributed by atoms with Crippen LogP contribution in [0.25, 0.3) is 0 Å². The van der Waals surface area contributed by atoms with Gasteiger partial charge in [0.15, 0.2) is 0 Å². The van der Waals surface area contributed by atoms with Gasteiger partial charge in [-0.15, -0.1) is 0 Å². The summed E-state index contributed by atoms with van der Waals surface area (Å²) in [6.07, 6.45) is 0. The van der Waals surface area contributed by atoms with Crippen LogP contribution in [0.4, 0.5) is 11.4 Å². The number of sulfonamides is 1. The fourth-order valence-electron chi connectivity index (χ4n) is 4.26. The first-order chi connectivity index (χ1) is 17.8. The first kappa shape index (κ1) is 26.3. The van der Waals surface area contributed by atoms with Crippen LogP contribution in [0.5, 0.6) is 11.5 Å². The zero-order valence-electron chi connectivity index (χ0n) is 21.5. The van der Waals surface area contributed by atoms with E-state index in [4.69, 9.17) is 9.47 Å². The number of carbonyl (C=O) groups is 1. The minimum Gasteiger partial charge on any atom is -0.497 e. The van der Waals surface area contributed by atoms with Gasteiger partial charge in [0.05, 0.1) is 24.3 Å². The number of anilines is 2. The average Bonchev–Trinajstić information content (AvgIpc) is 2.92. The Labute approximate surface area is 219 Å². The number of carbonyl (C=O) groups excluding carboxylic acids is 1. The molecule has 0 atom stereocenters. The van der Waals surface area contributed by atoms with Gasteiger partial charge in [0.25, 0.3) is 10.0 Å². The molecule has 1 amide bonds. The number of ether oxygens (including phenoxy) is 2. The van der Waals surface area contributed by atoms with E-state index < -0.39 is 10.0 Å². The van der Waals surface area contributed by atoms with Crippen molar-refractivity contribution in [1.82, 2.24) is 4.90 Å². The lowest BCUT2D eigenvalue weighted by molar-refractivity contribution is -0.129. The van der Waals surface area contributed by atoms with Gasteiger partial charge in [-0.05, 0) is 74.5 Å². The van der Waals surface area contributed by atoms with Gasteiger partial charge in [0, 0.05) is 31.9 Å². The molecule has 1 aliphatic heterocycles. The Kier molecular flexibility index (Phi) is 8.23. The second-order valence-electron chi connectivity index (χ2n) is 8.82. The number of amides is 1. The van der Waals surface area contributed by atoms with E-state index in [-0.39, 0.29) is 17.3 Å². The molecule has 0 aromatic heterocycles. The molecule has 0 saturated carbocycles. The Morgan fingerprint density at radius 1 is 0.865 bits per heavy atom. The summed E-state index contributed by atoms with van der Waals surface area (Å²) in [6.45, 7) is 6.33. The van der Waals surface area contributed by atoms with E-state index in [0.29, 0.717) is 44.2 Å². The number of aryl methyl sites for hydroxylation is 1. The van der Waals surface area contributed by atoms with Gasteiger partial charge < -0.3 is 19.3 Å². The smallest absolute Gasteiger partial charge is 0.264 e. The van der Waals surface area contributed by atoms with Gasteiger partial charge >= 0.3 is 0 Å². The fraction of sp³-hybridized carbons (Fsp3) is 0.321. The van der Waals surface area contributed by atoms with Crippen molar-refractivity contribution < 1.29 is 22.7 Å². The van der Waals surface area contributed by atoms with E-state index in [9.17, 15) is 13.2 Å². The summed E-state index contributed by atoms with van der Waals surface area (Å²) in [5.41, 5.74) is 2.43. The van der Waals surface area contributed by atoms with Crippen molar-refractivity contribution in [3.05, 3.63) is 78.4 Å². The van der Waals surface area contributed by atoms with Crippen molar-refractivity contribution in [2.75, 3.05) is 55.6 Å². The summed E-state index contributed by atoms with van der Waals surface area (Å²) in [6, 6.07) is 21.3. The Morgan fingerprint density at radius 2 is 1.46 bits per heavy atom. The summed E-state index contributed by atoms with van der Waals surface area (Å²) in [5, 5.41) is 0. The standard InChI is InChI=1S/C28H33N3O5S/c1-4-36-26-13-9-24(10-14-26)31(37(33,34)27-15-5-22(2)6-16-27)21-28(32)30-19-17-29(18-20-30)23-7-11-25(35-3)12-8-23/h5-16H,4,17-21H2,1-3H3. The summed E-state index contributed by atoms with van der Waals surface area (Å²) in [5.74, 6) is 1.19. The normalized spacial score (nSPS) is 13.8. The molecule has 1 aliphatic rings. The average molecular weight is 524 g/mol. The molecule has 0 unspecified atom stereocenters. The lowest BCUT2D eigenvalue weighted by Crippen LogP contribution is -2.52. The molecule has 9 heteroatoms. The van der Waals surface area contributed by atoms with Crippen molar-refractivity contribution in [2.45, 2.75) is 18.7 Å². The molecule has 0 spiro atoms. The molecule has 3 aromatic rings. The Morgan fingerprint density at radius 3 is 2.03 bits per heavy atom. The van der Waals surface area contributed by atoms with E-state index in [1.807, 2.05) is 38.1 Å². The predicted octanol–water partition coefficient (Wildman–Crippen LogP) is 3.95. The van der Waals surface area contributed by atoms with E-state index in [0.717, 1.165) is 17.0 Å². The van der Waals surface area contributed by atoms with Gasteiger partial charge in [-0.1, -0.05) is 17.7 Å². The number of rotatable bonds is 9. The van der Waals surface area contributed by atoms with Crippen LogP contribution in [-0.2, 0) is 14.8 Å². The zero-order chi connectivity index (χ0) is 26.4. The third-order valence-electron chi connectivity index (χ3n) is 6.39. The quantitative estimate of drug-likeness (QED) is 0.423. The molecule has 3 aromatic carbocycles. The van der Waals surface area contributed by atoms with Gasteiger partial charge in [0.1, 0.15) is 18.0 Å². The maximum atomic E-state index is 13.7. The Hall–Kier alpha value is -3.72. The summed E-state index contributed by atoms with van der Waals surface area (Å²) >= 11 is 0. The van der Waals surface area contributed by atoms with Crippen molar-refractivity contribution in [3.63, 3.8) is 0 Å². The molecular weight excluding hydrogens is 490 g/mol. The molecule has 0 N–H and O–H groups in total. The number of nitrogens with zero attached hydrogens (tertiary/aromatic N) is 3. The van der Waals surface area contributed by atoms with Gasteiger partial charge in [0.2, 0.25) is 5.91 Å². The molecule has 1 fully saturated rings. The second kappa shape index (κ2) is 11.6. The van der Waals surface area contributed by atoms with Crippen LogP contribution in [0, 0.1) is 6.92 Å². The molecule has 8 nitrogen and oxygen atoms in total. The molecule has 0 radical (unpaired) electrons. The van der Waals surface area contributed by atoms with Gasteiger partial charge in [-0.3, -0.25) is 9.10 Å². The number of methoxy groups -OCH3 is 1. The maximum absolute atomic E-state index is 13.7. The molecule has 0 aliphatic carbocycles. The highest BCUT2D eigenvalue weighted by atomic mass is 32.2. The number of hydrogen-bond acceptors (Lipinski definition) is 6. The van der Waals surface area contributed by atoms with Crippen LogP contribution in [0.15, 0.2) is 77.7 Å². The molecule has 1 heterocycles. The lowest BCUT2D eigenvalue weighted by atomic mass is 10.2. The van der Waals surface area contributed by atoms with Crippen molar-refractivity contribution in [2.24, 2.45) is 0 Å². The molecule has 4 rings (SSSR count). The first-order valence-electron chi connectivity index (χ1n) is 12.3. The zero-order valence-corrected chi connectivity index (χ0v) is 22.3. The topological polar surface area (TPSA) is 79.4 Å². The van der Waals surface area contributed by atoms with Crippen molar-refractivity contribution >= 4 is 27.3 Å². The van der Waals surface area contributed by atoms with Crippen molar-refractivity contribution in [3.8, 4) is 11.5 Å².